The highest BCUT2D eigenvalue weighted by Gasteiger charge is 2.22. The lowest BCUT2D eigenvalue weighted by molar-refractivity contribution is 0.0593. The molecule has 0 aliphatic carbocycles. The Bertz CT molecular complexity index is 958. The standard InChI is InChI=1S/C17H20N4O5S/c1-25-9-3-8-20-27(23,24)14-6-4-13(5-7-14)21-11-12(10-18)15(19)16(21)17(22)26-2/h4-7,11,20H,3,8-9,19H2,1-2H3. The number of nitrogens with zero attached hydrogens (tertiary/aromatic N) is 2. The molecule has 2 aromatic rings. The molecular weight excluding hydrogens is 372 g/mol. The van der Waals surface area contributed by atoms with E-state index in [4.69, 9.17) is 20.5 Å². The first-order valence-corrected chi connectivity index (χ1v) is 9.42. The van der Waals surface area contributed by atoms with Crippen LogP contribution in [0.1, 0.15) is 22.5 Å². The number of hydrogen-bond donors (Lipinski definition) is 2. The van der Waals surface area contributed by atoms with Gasteiger partial charge in [0, 0.05) is 32.1 Å². The van der Waals surface area contributed by atoms with Crippen LogP contribution in [0.5, 0.6) is 0 Å². The first kappa shape index (κ1) is 20.4. The van der Waals surface area contributed by atoms with E-state index in [9.17, 15) is 13.2 Å². The number of carbonyl (C=O) groups excluding carboxylic acids is 1. The van der Waals surface area contributed by atoms with Gasteiger partial charge >= 0.3 is 5.97 Å². The van der Waals surface area contributed by atoms with E-state index < -0.39 is 16.0 Å². The van der Waals surface area contributed by atoms with E-state index in [-0.39, 0.29) is 28.4 Å². The topological polar surface area (TPSA) is 136 Å². The maximum atomic E-state index is 12.3. The number of nitriles is 1. The van der Waals surface area contributed by atoms with Gasteiger partial charge in [-0.3, -0.25) is 0 Å². The van der Waals surface area contributed by atoms with Gasteiger partial charge in [-0.1, -0.05) is 0 Å². The highest BCUT2D eigenvalue weighted by molar-refractivity contribution is 7.89. The molecule has 0 spiro atoms. The number of carbonyl (C=O) groups is 1. The summed E-state index contributed by atoms with van der Waals surface area (Å²) in [6.07, 6.45) is 1.95. The highest BCUT2D eigenvalue weighted by atomic mass is 32.2. The molecule has 3 N–H and O–H groups in total. The SMILES string of the molecule is COCCCNS(=O)(=O)c1ccc(-n2cc(C#N)c(N)c2C(=O)OC)cc1. The van der Waals surface area contributed by atoms with Crippen molar-refractivity contribution in [3.8, 4) is 11.8 Å². The van der Waals surface area contributed by atoms with E-state index in [1.165, 1.54) is 42.1 Å². The van der Waals surface area contributed by atoms with Crippen LogP contribution in [0, 0.1) is 11.3 Å². The number of methoxy groups -OCH3 is 2. The van der Waals surface area contributed by atoms with Crippen molar-refractivity contribution >= 4 is 21.7 Å². The van der Waals surface area contributed by atoms with Gasteiger partial charge in [0.25, 0.3) is 0 Å². The van der Waals surface area contributed by atoms with Crippen LogP contribution in [0.15, 0.2) is 35.4 Å². The molecular formula is C17H20N4O5S. The third kappa shape index (κ3) is 4.46. The number of nitrogen functional groups attached to an aromatic ring is 1. The number of nitrogens with two attached hydrogens (primary N) is 1. The molecule has 0 saturated heterocycles. The fourth-order valence-corrected chi connectivity index (χ4v) is 3.48. The van der Waals surface area contributed by atoms with Crippen molar-refractivity contribution in [2.24, 2.45) is 0 Å². The van der Waals surface area contributed by atoms with Crippen LogP contribution in [0.2, 0.25) is 0 Å². The summed E-state index contributed by atoms with van der Waals surface area (Å²) < 4.78 is 38.0. The largest absolute Gasteiger partial charge is 0.464 e. The van der Waals surface area contributed by atoms with Gasteiger partial charge in [0.15, 0.2) is 5.69 Å². The number of esters is 1. The zero-order valence-corrected chi connectivity index (χ0v) is 15.7. The van der Waals surface area contributed by atoms with Crippen molar-refractivity contribution in [3.63, 3.8) is 0 Å². The third-order valence-corrected chi connectivity index (χ3v) is 5.26. The summed E-state index contributed by atoms with van der Waals surface area (Å²) in [5.74, 6) is -0.703. The fourth-order valence-electron chi connectivity index (χ4n) is 2.41. The Labute approximate surface area is 157 Å². The van der Waals surface area contributed by atoms with Gasteiger partial charge in [-0.15, -0.1) is 0 Å². The average Bonchev–Trinajstić information content (AvgIpc) is 3.01. The third-order valence-electron chi connectivity index (χ3n) is 3.79. The maximum absolute atomic E-state index is 12.3. The van der Waals surface area contributed by atoms with Crippen molar-refractivity contribution < 1.29 is 22.7 Å². The molecule has 0 fully saturated rings. The number of ether oxygens (including phenoxy) is 2. The van der Waals surface area contributed by atoms with Crippen molar-refractivity contribution in [3.05, 3.63) is 41.7 Å². The van der Waals surface area contributed by atoms with Crippen LogP contribution in [0.3, 0.4) is 0 Å². The quantitative estimate of drug-likeness (QED) is 0.506. The van der Waals surface area contributed by atoms with E-state index in [0.717, 1.165) is 0 Å². The molecule has 9 nitrogen and oxygen atoms in total. The van der Waals surface area contributed by atoms with Gasteiger partial charge in [-0.05, 0) is 30.7 Å². The van der Waals surface area contributed by atoms with Gasteiger partial charge < -0.3 is 19.8 Å². The molecule has 1 aromatic carbocycles. The molecule has 0 saturated carbocycles. The Morgan fingerprint density at radius 1 is 1.30 bits per heavy atom. The van der Waals surface area contributed by atoms with Crippen molar-refractivity contribution in [2.45, 2.75) is 11.3 Å². The molecule has 0 aliphatic heterocycles. The molecule has 1 aromatic heterocycles. The lowest BCUT2D eigenvalue weighted by Gasteiger charge is -2.10. The Kier molecular flexibility index (Phi) is 6.57. The van der Waals surface area contributed by atoms with Crippen molar-refractivity contribution in [2.75, 3.05) is 33.1 Å². The predicted octanol–water partition coefficient (Wildman–Crippen LogP) is 1.03. The Balaban J connectivity index is 2.33. The Morgan fingerprint density at radius 2 is 1.96 bits per heavy atom. The minimum atomic E-state index is -3.66. The second kappa shape index (κ2) is 8.68. The maximum Gasteiger partial charge on any atom is 0.357 e. The van der Waals surface area contributed by atoms with E-state index >= 15 is 0 Å². The molecule has 0 amide bonds. The van der Waals surface area contributed by atoms with Gasteiger partial charge in [-0.2, -0.15) is 5.26 Å². The second-order valence-corrected chi connectivity index (χ2v) is 7.28. The average molecular weight is 392 g/mol. The summed E-state index contributed by atoms with van der Waals surface area (Å²) in [6, 6.07) is 7.73. The fraction of sp³-hybridized carbons (Fsp3) is 0.294. The smallest absolute Gasteiger partial charge is 0.357 e. The number of sulfonamides is 1. The first-order chi connectivity index (χ1) is 12.9. The predicted molar refractivity (Wildman–Crippen MR) is 97.9 cm³/mol. The summed E-state index contributed by atoms with van der Waals surface area (Å²) in [5.41, 5.74) is 6.43. The zero-order valence-electron chi connectivity index (χ0n) is 14.9. The molecule has 10 heteroatoms. The van der Waals surface area contributed by atoms with Crippen molar-refractivity contribution in [1.29, 1.82) is 5.26 Å². The zero-order chi connectivity index (χ0) is 20.0. The summed E-state index contributed by atoms with van der Waals surface area (Å²) in [5, 5.41) is 9.14. The molecule has 0 unspecified atom stereocenters. The lowest BCUT2D eigenvalue weighted by atomic mass is 10.2. The van der Waals surface area contributed by atoms with Crippen LogP contribution < -0.4 is 10.5 Å². The van der Waals surface area contributed by atoms with Crippen LogP contribution >= 0.6 is 0 Å². The monoisotopic (exact) mass is 392 g/mol. The van der Waals surface area contributed by atoms with Crippen LogP contribution in [-0.2, 0) is 19.5 Å². The molecule has 0 aliphatic rings. The van der Waals surface area contributed by atoms with E-state index in [1.54, 1.807) is 7.11 Å². The Hall–Kier alpha value is -2.87. The van der Waals surface area contributed by atoms with E-state index in [2.05, 4.69) is 4.72 Å². The van der Waals surface area contributed by atoms with Gasteiger partial charge in [-0.25, -0.2) is 17.9 Å². The molecule has 0 radical (unpaired) electrons. The molecule has 1 heterocycles. The number of rotatable bonds is 8. The summed E-state index contributed by atoms with van der Waals surface area (Å²) in [4.78, 5) is 12.1. The summed E-state index contributed by atoms with van der Waals surface area (Å²) >= 11 is 0. The minimum absolute atomic E-state index is 0.000794. The van der Waals surface area contributed by atoms with Crippen LogP contribution in [0.4, 0.5) is 5.69 Å². The number of nitrogens with one attached hydrogen (secondary N) is 1. The molecule has 2 rings (SSSR count). The van der Waals surface area contributed by atoms with E-state index in [0.29, 0.717) is 18.7 Å². The first-order valence-electron chi connectivity index (χ1n) is 7.94. The van der Waals surface area contributed by atoms with Crippen LogP contribution in [-0.4, -0.2) is 46.3 Å². The summed E-state index contributed by atoms with van der Waals surface area (Å²) in [6.45, 7) is 0.706. The van der Waals surface area contributed by atoms with Gasteiger partial charge in [0.2, 0.25) is 10.0 Å². The lowest BCUT2D eigenvalue weighted by Crippen LogP contribution is -2.25. The van der Waals surface area contributed by atoms with Crippen molar-refractivity contribution in [1.82, 2.24) is 9.29 Å². The molecule has 0 bridgehead atoms. The molecule has 0 atom stereocenters. The number of aromatic nitrogens is 1. The second-order valence-electron chi connectivity index (χ2n) is 5.52. The van der Waals surface area contributed by atoms with E-state index in [1.807, 2.05) is 6.07 Å². The normalized spacial score (nSPS) is 11.1. The van der Waals surface area contributed by atoms with Gasteiger partial charge in [0.1, 0.15) is 6.07 Å². The number of anilines is 1. The highest BCUT2D eigenvalue weighted by Crippen LogP contribution is 2.25. The number of benzene rings is 1. The molecule has 144 valence electrons. The van der Waals surface area contributed by atoms with Crippen LogP contribution in [0.25, 0.3) is 5.69 Å². The Morgan fingerprint density at radius 3 is 2.52 bits per heavy atom. The minimum Gasteiger partial charge on any atom is -0.464 e. The molecule has 27 heavy (non-hydrogen) atoms. The summed E-state index contributed by atoms with van der Waals surface area (Å²) in [7, 11) is -0.914. The van der Waals surface area contributed by atoms with Gasteiger partial charge in [0.05, 0.1) is 23.3 Å². The number of hydrogen-bond acceptors (Lipinski definition) is 7.